The topological polar surface area (TPSA) is 51.7 Å². The van der Waals surface area contributed by atoms with E-state index >= 15 is 0 Å². The van der Waals surface area contributed by atoms with E-state index in [1.165, 1.54) is 0 Å². The summed E-state index contributed by atoms with van der Waals surface area (Å²) in [5.74, 6) is -0.347. The first-order valence-corrected chi connectivity index (χ1v) is 10.7. The molecule has 6 heteroatoms. The zero-order valence-electron chi connectivity index (χ0n) is 17.5. The first-order valence-electron chi connectivity index (χ1n) is 9.88. The third kappa shape index (κ3) is 5.67. The van der Waals surface area contributed by atoms with Gasteiger partial charge in [-0.3, -0.25) is 4.98 Å². The molecule has 0 unspecified atom stereocenters. The van der Waals surface area contributed by atoms with Gasteiger partial charge in [0, 0.05) is 37.2 Å². The van der Waals surface area contributed by atoms with Gasteiger partial charge in [0.15, 0.2) is 6.10 Å². The largest absolute Gasteiger partial charge is 0.461 e. The maximum atomic E-state index is 12.9. The third-order valence-corrected chi connectivity index (χ3v) is 5.57. The van der Waals surface area contributed by atoms with E-state index in [0.717, 1.165) is 53.8 Å². The van der Waals surface area contributed by atoms with Gasteiger partial charge in [0.2, 0.25) is 0 Å². The van der Waals surface area contributed by atoms with E-state index in [0.29, 0.717) is 12.0 Å². The summed E-state index contributed by atoms with van der Waals surface area (Å²) in [6.45, 7) is 14.7. The van der Waals surface area contributed by atoms with Gasteiger partial charge in [0.25, 0.3) is 0 Å². The van der Waals surface area contributed by atoms with E-state index in [1.807, 2.05) is 33.9 Å². The van der Waals surface area contributed by atoms with Crippen LogP contribution in [-0.2, 0) is 14.3 Å². The second-order valence-corrected chi connectivity index (χ2v) is 9.20. The Labute approximate surface area is 172 Å². The smallest absolute Gasteiger partial charge is 0.340 e. The molecule has 0 amide bonds. The zero-order chi connectivity index (χ0) is 20.2. The van der Waals surface area contributed by atoms with Gasteiger partial charge in [0.1, 0.15) is 0 Å². The van der Waals surface area contributed by atoms with Crippen molar-refractivity contribution in [2.24, 2.45) is 5.41 Å². The molecule has 0 aliphatic carbocycles. The van der Waals surface area contributed by atoms with Crippen molar-refractivity contribution in [1.29, 1.82) is 0 Å². The van der Waals surface area contributed by atoms with Gasteiger partial charge < -0.3 is 14.4 Å². The minimum atomic E-state index is -0.762. The summed E-state index contributed by atoms with van der Waals surface area (Å²) in [4.78, 5) is 19.7. The summed E-state index contributed by atoms with van der Waals surface area (Å²) >= 11 is 3.67. The number of aromatic nitrogens is 1. The van der Waals surface area contributed by atoms with Crippen LogP contribution in [0, 0.1) is 12.3 Å². The van der Waals surface area contributed by atoms with E-state index in [4.69, 9.17) is 9.47 Å². The molecule has 1 aliphatic heterocycles. The van der Waals surface area contributed by atoms with Crippen molar-refractivity contribution in [1.82, 2.24) is 4.98 Å². The monoisotopic (exact) mass is 440 g/mol. The molecule has 1 aliphatic rings. The number of aryl methyl sites for hydroxylation is 1. The fraction of sp³-hybridized carbons (Fsp3) is 0.714. The van der Waals surface area contributed by atoms with Crippen molar-refractivity contribution < 1.29 is 14.3 Å². The second kappa shape index (κ2) is 9.37. The summed E-state index contributed by atoms with van der Waals surface area (Å²) in [6, 6.07) is 0. The van der Waals surface area contributed by atoms with Gasteiger partial charge in [-0.2, -0.15) is 0 Å². The van der Waals surface area contributed by atoms with Crippen molar-refractivity contribution in [3.8, 4) is 0 Å². The first kappa shape index (κ1) is 22.2. The maximum absolute atomic E-state index is 12.9. The minimum absolute atomic E-state index is 0.190. The van der Waals surface area contributed by atoms with Crippen molar-refractivity contribution in [3.63, 3.8) is 0 Å². The highest BCUT2D eigenvalue weighted by Crippen LogP contribution is 2.41. The van der Waals surface area contributed by atoms with E-state index in [9.17, 15) is 4.79 Å². The van der Waals surface area contributed by atoms with Crippen LogP contribution in [0.1, 0.15) is 71.2 Å². The second-order valence-electron chi connectivity index (χ2n) is 8.34. The Hall–Kier alpha value is -1.14. The van der Waals surface area contributed by atoms with Crippen LogP contribution < -0.4 is 4.90 Å². The average Bonchev–Trinajstić information content (AvgIpc) is 2.58. The molecule has 2 heterocycles. The van der Waals surface area contributed by atoms with E-state index in [1.54, 1.807) is 0 Å². The van der Waals surface area contributed by atoms with Crippen molar-refractivity contribution >= 4 is 27.6 Å². The number of rotatable bonds is 7. The lowest BCUT2D eigenvalue weighted by molar-refractivity contribution is -0.161. The number of esters is 1. The average molecular weight is 441 g/mol. The number of carbonyl (C=O) groups is 1. The maximum Gasteiger partial charge on any atom is 0.340 e. The Morgan fingerprint density at radius 3 is 2.52 bits per heavy atom. The summed E-state index contributed by atoms with van der Waals surface area (Å²) < 4.78 is 12.4. The van der Waals surface area contributed by atoms with Crippen LogP contribution in [0.25, 0.3) is 0 Å². The van der Waals surface area contributed by atoms with Crippen LogP contribution in [-0.4, -0.2) is 36.8 Å². The van der Waals surface area contributed by atoms with Crippen molar-refractivity contribution in [2.75, 3.05) is 24.6 Å². The SMILES string of the molecule is CCCO[C@H](C(=O)OC(C)C)c1c(C)ncc(Br)c1N1CCC(C)(C)CC1. The molecule has 0 spiro atoms. The Bertz CT molecular complexity index is 651. The fourth-order valence-electron chi connectivity index (χ4n) is 3.35. The van der Waals surface area contributed by atoms with Crippen molar-refractivity contribution in [3.05, 3.63) is 21.9 Å². The van der Waals surface area contributed by atoms with Gasteiger partial charge in [-0.15, -0.1) is 0 Å². The molecule has 1 fully saturated rings. The third-order valence-electron chi connectivity index (χ3n) is 4.99. The molecule has 0 aromatic carbocycles. The molecule has 0 radical (unpaired) electrons. The number of pyridine rings is 1. The van der Waals surface area contributed by atoms with Gasteiger partial charge in [0.05, 0.1) is 16.3 Å². The highest BCUT2D eigenvalue weighted by atomic mass is 79.9. The number of nitrogens with zero attached hydrogens (tertiary/aromatic N) is 2. The number of piperidine rings is 1. The summed E-state index contributed by atoms with van der Waals surface area (Å²) in [5.41, 5.74) is 2.99. The van der Waals surface area contributed by atoms with Gasteiger partial charge >= 0.3 is 5.97 Å². The Morgan fingerprint density at radius 1 is 1.33 bits per heavy atom. The summed E-state index contributed by atoms with van der Waals surface area (Å²) in [7, 11) is 0. The highest BCUT2D eigenvalue weighted by molar-refractivity contribution is 9.10. The number of halogens is 1. The van der Waals surface area contributed by atoms with E-state index in [2.05, 4.69) is 39.7 Å². The molecule has 1 aromatic heterocycles. The standard InChI is InChI=1S/C21H33BrN2O3/c1-7-12-26-19(20(25)27-14(2)3)17-15(4)23-13-16(22)18(17)24-10-8-21(5,6)9-11-24/h13-14,19H,7-12H2,1-6H3/t19-/m0/s1. The van der Waals surface area contributed by atoms with Gasteiger partial charge in [-0.1, -0.05) is 20.8 Å². The first-order chi connectivity index (χ1) is 12.7. The number of hydrogen-bond acceptors (Lipinski definition) is 5. The fourth-order valence-corrected chi connectivity index (χ4v) is 3.92. The van der Waals surface area contributed by atoms with Crippen LogP contribution in [0.4, 0.5) is 5.69 Å². The molecule has 1 aromatic rings. The van der Waals surface area contributed by atoms with Gasteiger partial charge in [-0.05, 0) is 61.4 Å². The quantitative estimate of drug-likeness (QED) is 0.545. The molecular weight excluding hydrogens is 408 g/mol. The molecule has 1 atom stereocenters. The molecular formula is C21H33BrN2O3. The van der Waals surface area contributed by atoms with Crippen LogP contribution in [0.3, 0.4) is 0 Å². The predicted octanol–water partition coefficient (Wildman–Crippen LogP) is 5.20. The van der Waals surface area contributed by atoms with Crippen LogP contribution in [0.15, 0.2) is 10.7 Å². The lowest BCUT2D eigenvalue weighted by Gasteiger charge is -2.40. The van der Waals surface area contributed by atoms with Crippen LogP contribution in [0.2, 0.25) is 0 Å². The predicted molar refractivity (Wildman–Crippen MR) is 112 cm³/mol. The van der Waals surface area contributed by atoms with Crippen molar-refractivity contribution in [2.45, 2.75) is 73.0 Å². The molecule has 0 N–H and O–H groups in total. The van der Waals surface area contributed by atoms with Crippen LogP contribution in [0.5, 0.6) is 0 Å². The van der Waals surface area contributed by atoms with E-state index < -0.39 is 6.10 Å². The Kier molecular flexibility index (Phi) is 7.69. The van der Waals surface area contributed by atoms with E-state index in [-0.39, 0.29) is 12.1 Å². The number of carbonyl (C=O) groups excluding carboxylic acids is 1. The molecule has 0 saturated carbocycles. The lowest BCUT2D eigenvalue weighted by atomic mass is 9.82. The molecule has 1 saturated heterocycles. The number of hydrogen-bond donors (Lipinski definition) is 0. The molecule has 2 rings (SSSR count). The number of anilines is 1. The Balaban J connectivity index is 2.45. The number of ether oxygens (including phenoxy) is 2. The summed E-state index contributed by atoms with van der Waals surface area (Å²) in [5, 5.41) is 0. The highest BCUT2D eigenvalue weighted by Gasteiger charge is 2.34. The van der Waals surface area contributed by atoms with Gasteiger partial charge in [-0.25, -0.2) is 4.79 Å². The molecule has 27 heavy (non-hydrogen) atoms. The lowest BCUT2D eigenvalue weighted by Crippen LogP contribution is -2.39. The normalized spacial score (nSPS) is 17.9. The Morgan fingerprint density at radius 2 is 1.96 bits per heavy atom. The van der Waals surface area contributed by atoms with Crippen LogP contribution >= 0.6 is 15.9 Å². The minimum Gasteiger partial charge on any atom is -0.461 e. The zero-order valence-corrected chi connectivity index (χ0v) is 19.1. The molecule has 152 valence electrons. The summed E-state index contributed by atoms with van der Waals surface area (Å²) in [6.07, 6.45) is 3.92. The molecule has 0 bridgehead atoms. The molecule has 5 nitrogen and oxygen atoms in total.